The van der Waals surface area contributed by atoms with Crippen molar-refractivity contribution in [3.63, 3.8) is 0 Å². The highest BCUT2D eigenvalue weighted by atomic mass is 32.2. The van der Waals surface area contributed by atoms with Gasteiger partial charge in [0.05, 0.1) is 11.3 Å². The van der Waals surface area contributed by atoms with Gasteiger partial charge in [-0.3, -0.25) is 4.79 Å². The number of hydrogen-bond donors (Lipinski definition) is 1. The largest absolute Gasteiger partial charge is 0.480 e. The summed E-state index contributed by atoms with van der Waals surface area (Å²) in [5.74, 6) is -0.0299. The second-order valence-electron chi connectivity index (χ2n) is 3.44. The van der Waals surface area contributed by atoms with Gasteiger partial charge >= 0.3 is 5.97 Å². The van der Waals surface area contributed by atoms with Crippen molar-refractivity contribution >= 4 is 23.6 Å². The minimum atomic E-state index is -0.870. The van der Waals surface area contributed by atoms with E-state index in [1.54, 1.807) is 11.8 Å². The molecule has 5 heteroatoms. The normalized spacial score (nSPS) is 38.1. The lowest BCUT2D eigenvalue weighted by Crippen LogP contribution is -2.65. The van der Waals surface area contributed by atoms with Crippen LogP contribution in [0.3, 0.4) is 0 Å². The molecule has 13 heavy (non-hydrogen) atoms. The van der Waals surface area contributed by atoms with E-state index < -0.39 is 12.0 Å². The van der Waals surface area contributed by atoms with E-state index in [0.717, 1.165) is 5.75 Å². The summed E-state index contributed by atoms with van der Waals surface area (Å²) >= 11 is 1.69. The molecule has 0 aromatic rings. The Labute approximate surface area is 80.3 Å². The molecule has 0 aromatic carbocycles. The standard InChI is InChI=1S/C8H11NO3S/c1-4-6(10)9-5(8(11)12)2-3-13-7(4)9/h4-5,7H,2-3H2,1H3,(H,11,12)/t4-,5-,7-/m1/s1. The van der Waals surface area contributed by atoms with Crippen molar-refractivity contribution in [1.82, 2.24) is 4.90 Å². The highest BCUT2D eigenvalue weighted by Gasteiger charge is 2.51. The van der Waals surface area contributed by atoms with Crippen LogP contribution in [0.4, 0.5) is 0 Å². The Hall–Kier alpha value is -0.710. The predicted octanol–water partition coefficient (Wildman–Crippen LogP) is 0.381. The number of carboxylic acid groups (broad SMARTS) is 1. The molecule has 2 rings (SSSR count). The summed E-state index contributed by atoms with van der Waals surface area (Å²) in [5, 5.41) is 8.97. The Morgan fingerprint density at radius 2 is 2.38 bits per heavy atom. The first-order valence-electron chi connectivity index (χ1n) is 4.29. The van der Waals surface area contributed by atoms with Crippen LogP contribution in [0, 0.1) is 5.92 Å². The molecular weight excluding hydrogens is 190 g/mol. The number of hydrogen-bond acceptors (Lipinski definition) is 3. The van der Waals surface area contributed by atoms with Crippen LogP contribution in [0.2, 0.25) is 0 Å². The summed E-state index contributed by atoms with van der Waals surface area (Å²) in [4.78, 5) is 23.7. The molecular formula is C8H11NO3S. The third-order valence-corrected chi connectivity index (χ3v) is 4.09. The van der Waals surface area contributed by atoms with Crippen molar-refractivity contribution < 1.29 is 14.7 Å². The lowest BCUT2D eigenvalue weighted by Gasteiger charge is -2.51. The lowest BCUT2D eigenvalue weighted by atomic mass is 9.96. The molecule has 4 nitrogen and oxygen atoms in total. The van der Waals surface area contributed by atoms with E-state index in [4.69, 9.17) is 5.11 Å². The van der Waals surface area contributed by atoms with Crippen molar-refractivity contribution in [3.8, 4) is 0 Å². The first kappa shape index (κ1) is 8.87. The second-order valence-corrected chi connectivity index (χ2v) is 4.66. The molecule has 2 aliphatic rings. The summed E-state index contributed by atoms with van der Waals surface area (Å²) in [6, 6.07) is -0.574. The monoisotopic (exact) mass is 201 g/mol. The summed E-state index contributed by atoms with van der Waals surface area (Å²) in [5.41, 5.74) is 0. The zero-order chi connectivity index (χ0) is 9.59. The van der Waals surface area contributed by atoms with Gasteiger partial charge < -0.3 is 10.0 Å². The van der Waals surface area contributed by atoms with E-state index in [1.165, 1.54) is 4.90 Å². The van der Waals surface area contributed by atoms with E-state index in [2.05, 4.69) is 0 Å². The van der Waals surface area contributed by atoms with Crippen molar-refractivity contribution in [2.45, 2.75) is 24.8 Å². The fraction of sp³-hybridized carbons (Fsp3) is 0.750. The molecule has 0 aliphatic carbocycles. The van der Waals surface area contributed by atoms with Gasteiger partial charge in [0.2, 0.25) is 5.91 Å². The number of β-lactam (4-membered cyclic amide) rings is 1. The highest BCUT2D eigenvalue weighted by Crippen LogP contribution is 2.41. The molecule has 0 spiro atoms. The van der Waals surface area contributed by atoms with E-state index in [1.807, 2.05) is 6.92 Å². The Morgan fingerprint density at radius 1 is 1.69 bits per heavy atom. The molecule has 72 valence electrons. The fourth-order valence-corrected chi connectivity index (χ4v) is 3.30. The first-order chi connectivity index (χ1) is 6.13. The van der Waals surface area contributed by atoms with Crippen LogP contribution in [-0.4, -0.2) is 39.1 Å². The number of carbonyl (C=O) groups excluding carboxylic acids is 1. The Morgan fingerprint density at radius 3 is 3.00 bits per heavy atom. The van der Waals surface area contributed by atoms with Crippen molar-refractivity contribution in [1.29, 1.82) is 0 Å². The molecule has 0 unspecified atom stereocenters. The van der Waals surface area contributed by atoms with Crippen molar-refractivity contribution in [2.24, 2.45) is 5.92 Å². The number of carbonyl (C=O) groups is 2. The molecule has 2 heterocycles. The predicted molar refractivity (Wildman–Crippen MR) is 48.3 cm³/mol. The topological polar surface area (TPSA) is 57.6 Å². The maximum Gasteiger partial charge on any atom is 0.326 e. The van der Waals surface area contributed by atoms with E-state index >= 15 is 0 Å². The van der Waals surface area contributed by atoms with Crippen LogP contribution in [0.25, 0.3) is 0 Å². The maximum atomic E-state index is 11.4. The number of amides is 1. The highest BCUT2D eigenvalue weighted by molar-refractivity contribution is 8.00. The molecule has 3 atom stereocenters. The first-order valence-corrected chi connectivity index (χ1v) is 5.34. The third-order valence-electron chi connectivity index (χ3n) is 2.65. The Kier molecular flexibility index (Phi) is 1.98. The fourth-order valence-electron chi connectivity index (χ4n) is 1.88. The maximum absolute atomic E-state index is 11.4. The summed E-state index contributed by atoms with van der Waals surface area (Å²) < 4.78 is 0. The number of carboxylic acids is 1. The molecule has 2 aliphatic heterocycles. The zero-order valence-electron chi connectivity index (χ0n) is 7.27. The molecule has 0 bridgehead atoms. The number of nitrogens with zero attached hydrogens (tertiary/aromatic N) is 1. The molecule has 0 radical (unpaired) electrons. The third kappa shape index (κ3) is 1.14. The lowest BCUT2D eigenvalue weighted by molar-refractivity contribution is -0.164. The van der Waals surface area contributed by atoms with Gasteiger partial charge in [0.1, 0.15) is 6.04 Å². The minimum absolute atomic E-state index is 0.00662. The van der Waals surface area contributed by atoms with Crippen LogP contribution >= 0.6 is 11.8 Å². The average Bonchev–Trinajstić information content (AvgIpc) is 2.15. The average molecular weight is 201 g/mol. The number of aliphatic carboxylic acids is 1. The summed E-state index contributed by atoms with van der Waals surface area (Å²) in [7, 11) is 0. The molecule has 0 saturated carbocycles. The molecule has 1 N–H and O–H groups in total. The number of rotatable bonds is 1. The van der Waals surface area contributed by atoms with Gasteiger partial charge in [0.15, 0.2) is 0 Å². The van der Waals surface area contributed by atoms with E-state index in [-0.39, 0.29) is 17.2 Å². The van der Waals surface area contributed by atoms with E-state index in [9.17, 15) is 9.59 Å². The van der Waals surface area contributed by atoms with Gasteiger partial charge in [0.25, 0.3) is 0 Å². The van der Waals surface area contributed by atoms with Gasteiger partial charge in [-0.2, -0.15) is 0 Å². The summed E-state index contributed by atoms with van der Waals surface area (Å²) in [6.07, 6.45) is 0.578. The Balaban J connectivity index is 2.16. The smallest absolute Gasteiger partial charge is 0.326 e. The molecule has 2 saturated heterocycles. The number of fused-ring (bicyclic) bond motifs is 1. The van der Waals surface area contributed by atoms with Crippen LogP contribution in [-0.2, 0) is 9.59 Å². The van der Waals surface area contributed by atoms with Crippen molar-refractivity contribution in [2.75, 3.05) is 5.75 Å². The van der Waals surface area contributed by atoms with Gasteiger partial charge in [0, 0.05) is 0 Å². The summed E-state index contributed by atoms with van der Waals surface area (Å²) in [6.45, 7) is 1.86. The van der Waals surface area contributed by atoms with Crippen LogP contribution in [0.1, 0.15) is 13.3 Å². The SMILES string of the molecule is C[C@@H]1C(=O)N2[C@@H](C(=O)O)CCS[C@H]12. The van der Waals surface area contributed by atoms with Gasteiger partial charge in [-0.25, -0.2) is 4.79 Å². The number of thioether (sulfide) groups is 1. The second kappa shape index (κ2) is 2.90. The molecule has 1 amide bonds. The van der Waals surface area contributed by atoms with Gasteiger partial charge in [-0.05, 0) is 12.2 Å². The Bertz CT molecular complexity index is 268. The quantitative estimate of drug-likeness (QED) is 0.623. The molecule has 2 fully saturated rings. The van der Waals surface area contributed by atoms with Crippen LogP contribution < -0.4 is 0 Å². The van der Waals surface area contributed by atoms with Gasteiger partial charge in [-0.1, -0.05) is 6.92 Å². The minimum Gasteiger partial charge on any atom is -0.480 e. The van der Waals surface area contributed by atoms with Gasteiger partial charge in [-0.15, -0.1) is 11.8 Å². The zero-order valence-corrected chi connectivity index (χ0v) is 8.08. The van der Waals surface area contributed by atoms with E-state index in [0.29, 0.717) is 6.42 Å². The molecule has 0 aromatic heterocycles. The van der Waals surface area contributed by atoms with Crippen molar-refractivity contribution in [3.05, 3.63) is 0 Å². The van der Waals surface area contributed by atoms with Crippen LogP contribution in [0.15, 0.2) is 0 Å². The van der Waals surface area contributed by atoms with Crippen LogP contribution in [0.5, 0.6) is 0 Å².